The highest BCUT2D eigenvalue weighted by Crippen LogP contribution is 2.11. The second-order valence-corrected chi connectivity index (χ2v) is 2.65. The number of aliphatic hydroxyl groups excluding tert-OH is 1. The van der Waals surface area contributed by atoms with Crippen LogP contribution in [0, 0.1) is 5.92 Å². The first kappa shape index (κ1) is 9.92. The zero-order valence-electron chi connectivity index (χ0n) is 7.22. The van der Waals surface area contributed by atoms with Gasteiger partial charge in [0.25, 0.3) is 0 Å². The number of nitrogens with one attached hydrogen (secondary N) is 1. The van der Waals surface area contributed by atoms with Crippen LogP contribution < -0.4 is 5.32 Å². The summed E-state index contributed by atoms with van der Waals surface area (Å²) in [5, 5.41) is 12.0. The molecule has 0 bridgehead atoms. The molecule has 0 saturated carbocycles. The summed E-state index contributed by atoms with van der Waals surface area (Å²) in [6.45, 7) is 4.57. The maximum atomic E-state index is 8.90. The Labute approximate surface area is 63.6 Å². The van der Waals surface area contributed by atoms with Crippen LogP contribution in [0.5, 0.6) is 0 Å². The van der Waals surface area contributed by atoms with Crippen molar-refractivity contribution in [2.45, 2.75) is 32.7 Å². The molecule has 10 heavy (non-hydrogen) atoms. The molecule has 1 atom stereocenters. The van der Waals surface area contributed by atoms with Gasteiger partial charge in [-0.15, -0.1) is 0 Å². The van der Waals surface area contributed by atoms with Crippen LogP contribution in [0.3, 0.4) is 0 Å². The van der Waals surface area contributed by atoms with Crippen LogP contribution in [-0.2, 0) is 0 Å². The van der Waals surface area contributed by atoms with Gasteiger partial charge < -0.3 is 10.4 Å². The van der Waals surface area contributed by atoms with Crippen LogP contribution in [0.15, 0.2) is 0 Å². The highest BCUT2D eigenvalue weighted by Gasteiger charge is 2.14. The largest absolute Gasteiger partial charge is 0.395 e. The molecular formula is C8H19NO. The van der Waals surface area contributed by atoms with E-state index >= 15 is 0 Å². The van der Waals surface area contributed by atoms with E-state index in [1.54, 1.807) is 0 Å². The van der Waals surface area contributed by atoms with E-state index in [0.29, 0.717) is 5.92 Å². The molecule has 0 heterocycles. The molecule has 0 radical (unpaired) electrons. The molecule has 2 N–H and O–H groups in total. The van der Waals surface area contributed by atoms with Gasteiger partial charge in [0.1, 0.15) is 0 Å². The number of likely N-dealkylation sites (N-methyl/N-ethyl adjacent to an activating group) is 1. The van der Waals surface area contributed by atoms with Crippen molar-refractivity contribution in [3.8, 4) is 0 Å². The summed E-state index contributed by atoms with van der Waals surface area (Å²) >= 11 is 0. The average molecular weight is 145 g/mol. The quantitative estimate of drug-likeness (QED) is 0.605. The van der Waals surface area contributed by atoms with E-state index in [4.69, 9.17) is 5.11 Å². The Morgan fingerprint density at radius 1 is 1.30 bits per heavy atom. The van der Waals surface area contributed by atoms with Gasteiger partial charge >= 0.3 is 0 Å². The smallest absolute Gasteiger partial charge is 0.0587 e. The fourth-order valence-corrected chi connectivity index (χ4v) is 1.33. The van der Waals surface area contributed by atoms with E-state index in [2.05, 4.69) is 19.2 Å². The Bertz CT molecular complexity index is 57.7. The van der Waals surface area contributed by atoms with Gasteiger partial charge in [-0.25, -0.2) is 0 Å². The van der Waals surface area contributed by atoms with Gasteiger partial charge in [0.2, 0.25) is 0 Å². The van der Waals surface area contributed by atoms with Gasteiger partial charge in [-0.1, -0.05) is 26.7 Å². The molecule has 0 aromatic rings. The number of hydrogen-bond acceptors (Lipinski definition) is 2. The zero-order chi connectivity index (χ0) is 7.98. The maximum absolute atomic E-state index is 8.90. The van der Waals surface area contributed by atoms with Gasteiger partial charge in [0, 0.05) is 6.04 Å². The minimum Gasteiger partial charge on any atom is -0.395 e. The average Bonchev–Trinajstić information content (AvgIpc) is 2.00. The van der Waals surface area contributed by atoms with E-state index in [0.717, 1.165) is 12.8 Å². The van der Waals surface area contributed by atoms with Gasteiger partial charge in [0.15, 0.2) is 0 Å². The Hall–Kier alpha value is -0.0800. The maximum Gasteiger partial charge on any atom is 0.0587 e. The molecule has 0 aromatic carbocycles. The van der Waals surface area contributed by atoms with Crippen molar-refractivity contribution >= 4 is 0 Å². The van der Waals surface area contributed by atoms with Crippen molar-refractivity contribution in [3.63, 3.8) is 0 Å². The lowest BCUT2D eigenvalue weighted by molar-refractivity contribution is 0.199. The third-order valence-electron chi connectivity index (χ3n) is 2.19. The van der Waals surface area contributed by atoms with Gasteiger partial charge in [-0.2, -0.15) is 0 Å². The first-order valence-electron chi connectivity index (χ1n) is 4.08. The highest BCUT2D eigenvalue weighted by molar-refractivity contribution is 4.71. The number of rotatable bonds is 5. The van der Waals surface area contributed by atoms with Gasteiger partial charge in [-0.3, -0.25) is 0 Å². The second-order valence-electron chi connectivity index (χ2n) is 2.65. The fraction of sp³-hybridized carbons (Fsp3) is 1.00. The van der Waals surface area contributed by atoms with Crippen LogP contribution in [-0.4, -0.2) is 24.8 Å². The third-order valence-corrected chi connectivity index (χ3v) is 2.19. The van der Waals surface area contributed by atoms with Crippen molar-refractivity contribution in [2.24, 2.45) is 5.92 Å². The molecular weight excluding hydrogens is 126 g/mol. The van der Waals surface area contributed by atoms with Crippen molar-refractivity contribution in [1.29, 1.82) is 0 Å². The molecule has 0 aromatic heterocycles. The molecule has 0 aliphatic carbocycles. The van der Waals surface area contributed by atoms with E-state index < -0.39 is 0 Å². The Kier molecular flexibility index (Phi) is 5.64. The SMILES string of the molecule is CCC(CC)C(CO)NC. The molecule has 0 saturated heterocycles. The summed E-state index contributed by atoms with van der Waals surface area (Å²) in [6.07, 6.45) is 2.28. The van der Waals surface area contributed by atoms with Crippen LogP contribution in [0.2, 0.25) is 0 Å². The number of aliphatic hydroxyl groups is 1. The Morgan fingerprint density at radius 3 is 1.90 bits per heavy atom. The van der Waals surface area contributed by atoms with E-state index in [9.17, 15) is 0 Å². The highest BCUT2D eigenvalue weighted by atomic mass is 16.3. The summed E-state index contributed by atoms with van der Waals surface area (Å²) < 4.78 is 0. The van der Waals surface area contributed by atoms with E-state index in [-0.39, 0.29) is 12.6 Å². The molecule has 0 rings (SSSR count). The topological polar surface area (TPSA) is 32.3 Å². The Morgan fingerprint density at radius 2 is 1.80 bits per heavy atom. The monoisotopic (exact) mass is 145 g/mol. The lowest BCUT2D eigenvalue weighted by Gasteiger charge is -2.22. The summed E-state index contributed by atoms with van der Waals surface area (Å²) in [5.74, 6) is 0.620. The zero-order valence-corrected chi connectivity index (χ0v) is 7.22. The molecule has 2 heteroatoms. The molecule has 2 nitrogen and oxygen atoms in total. The summed E-state index contributed by atoms with van der Waals surface area (Å²) in [6, 6.07) is 0.287. The van der Waals surface area contributed by atoms with Gasteiger partial charge in [0.05, 0.1) is 6.61 Å². The molecule has 0 aliphatic rings. The standard InChI is InChI=1S/C8H19NO/c1-4-7(5-2)8(6-10)9-3/h7-10H,4-6H2,1-3H3. The molecule has 1 unspecified atom stereocenters. The Balaban J connectivity index is 3.70. The van der Waals surface area contributed by atoms with Crippen LogP contribution in [0.1, 0.15) is 26.7 Å². The normalized spacial score (nSPS) is 14.1. The molecule has 0 spiro atoms. The second kappa shape index (κ2) is 5.69. The third kappa shape index (κ3) is 2.67. The van der Waals surface area contributed by atoms with Gasteiger partial charge in [-0.05, 0) is 13.0 Å². The lowest BCUT2D eigenvalue weighted by Crippen LogP contribution is -2.36. The van der Waals surface area contributed by atoms with Crippen molar-refractivity contribution in [2.75, 3.05) is 13.7 Å². The van der Waals surface area contributed by atoms with Crippen molar-refractivity contribution < 1.29 is 5.11 Å². The molecule has 62 valence electrons. The predicted octanol–water partition coefficient (Wildman–Crippen LogP) is 1.00. The predicted molar refractivity (Wildman–Crippen MR) is 44.0 cm³/mol. The fourth-order valence-electron chi connectivity index (χ4n) is 1.33. The number of hydrogen-bond donors (Lipinski definition) is 2. The minimum atomic E-state index is 0.253. The van der Waals surface area contributed by atoms with Crippen LogP contribution >= 0.6 is 0 Å². The minimum absolute atomic E-state index is 0.253. The molecule has 0 aliphatic heterocycles. The van der Waals surface area contributed by atoms with E-state index in [1.165, 1.54) is 0 Å². The van der Waals surface area contributed by atoms with Crippen molar-refractivity contribution in [3.05, 3.63) is 0 Å². The summed E-state index contributed by atoms with van der Waals surface area (Å²) in [7, 11) is 1.90. The van der Waals surface area contributed by atoms with E-state index in [1.807, 2.05) is 7.05 Å². The van der Waals surface area contributed by atoms with Crippen molar-refractivity contribution in [1.82, 2.24) is 5.32 Å². The van der Waals surface area contributed by atoms with Crippen LogP contribution in [0.25, 0.3) is 0 Å². The summed E-state index contributed by atoms with van der Waals surface area (Å²) in [4.78, 5) is 0. The molecule has 0 fully saturated rings. The van der Waals surface area contributed by atoms with Crippen LogP contribution in [0.4, 0.5) is 0 Å². The summed E-state index contributed by atoms with van der Waals surface area (Å²) in [5.41, 5.74) is 0. The molecule has 0 amide bonds. The first-order valence-corrected chi connectivity index (χ1v) is 4.08. The lowest BCUT2D eigenvalue weighted by atomic mass is 9.95. The first-order chi connectivity index (χ1) is 4.79.